The van der Waals surface area contributed by atoms with Crippen molar-refractivity contribution in [2.45, 2.75) is 26.7 Å². The number of nitrogens with zero attached hydrogens (tertiary/aromatic N) is 2. The van der Waals surface area contributed by atoms with E-state index >= 15 is 0 Å². The van der Waals surface area contributed by atoms with Crippen LogP contribution in [-0.4, -0.2) is 23.2 Å². The molecule has 0 aliphatic rings. The van der Waals surface area contributed by atoms with E-state index in [0.717, 1.165) is 11.1 Å². The van der Waals surface area contributed by atoms with E-state index in [9.17, 15) is 9.59 Å². The van der Waals surface area contributed by atoms with Gasteiger partial charge >= 0.3 is 0 Å². The molecule has 0 unspecified atom stereocenters. The molecule has 0 aromatic heterocycles. The number of carbonyl (C=O) groups is 2. The number of halogens is 2. The average Bonchev–Trinajstić information content (AvgIpc) is 2.69. The maximum atomic E-state index is 11.9. The number of amides is 2. The van der Waals surface area contributed by atoms with Gasteiger partial charge < -0.3 is 0 Å². The molecule has 28 heavy (non-hydrogen) atoms. The van der Waals surface area contributed by atoms with Gasteiger partial charge in [-0.2, -0.15) is 10.2 Å². The Labute approximate surface area is 173 Å². The minimum Gasteiger partial charge on any atom is -0.273 e. The molecule has 2 aromatic carbocycles. The van der Waals surface area contributed by atoms with Crippen molar-refractivity contribution in [2.24, 2.45) is 10.2 Å². The van der Waals surface area contributed by atoms with Crippen LogP contribution in [0.2, 0.25) is 10.0 Å². The third-order valence-corrected chi connectivity index (χ3v) is 4.30. The van der Waals surface area contributed by atoms with Gasteiger partial charge in [-0.3, -0.25) is 9.59 Å². The lowest BCUT2D eigenvalue weighted by Gasteiger charge is -2.04. The van der Waals surface area contributed by atoms with Crippen molar-refractivity contribution in [3.63, 3.8) is 0 Å². The maximum absolute atomic E-state index is 11.9. The highest BCUT2D eigenvalue weighted by Crippen LogP contribution is 2.11. The van der Waals surface area contributed by atoms with Gasteiger partial charge in [-0.25, -0.2) is 10.9 Å². The number of carbonyl (C=O) groups excluding carboxylic acids is 2. The second kappa shape index (κ2) is 10.6. The smallest absolute Gasteiger partial charge is 0.240 e. The zero-order valence-corrected chi connectivity index (χ0v) is 17.0. The maximum Gasteiger partial charge on any atom is 0.240 e. The Morgan fingerprint density at radius 3 is 1.36 bits per heavy atom. The highest BCUT2D eigenvalue weighted by Gasteiger charge is 2.07. The molecular formula is C20H20Cl2N4O2. The lowest BCUT2D eigenvalue weighted by atomic mass is 10.1. The fourth-order valence-corrected chi connectivity index (χ4v) is 2.39. The van der Waals surface area contributed by atoms with Crippen LogP contribution in [0.5, 0.6) is 0 Å². The zero-order chi connectivity index (χ0) is 20.5. The minimum absolute atomic E-state index is 0.00125. The van der Waals surface area contributed by atoms with Gasteiger partial charge in [-0.1, -0.05) is 47.5 Å². The number of hydrazone groups is 2. The normalized spacial score (nSPS) is 11.9. The Bertz CT molecular complexity index is 816. The fraction of sp³-hybridized carbons (Fsp3) is 0.200. The molecular weight excluding hydrogens is 399 g/mol. The summed E-state index contributed by atoms with van der Waals surface area (Å²) in [6.45, 7) is 3.54. The van der Waals surface area contributed by atoms with Crippen molar-refractivity contribution in [2.75, 3.05) is 0 Å². The summed E-state index contributed by atoms with van der Waals surface area (Å²) in [5.41, 5.74) is 7.83. The Hall–Kier alpha value is -2.70. The van der Waals surface area contributed by atoms with E-state index in [2.05, 4.69) is 21.1 Å². The number of hydrogen-bond donors (Lipinski definition) is 2. The van der Waals surface area contributed by atoms with Crippen LogP contribution in [0.15, 0.2) is 58.7 Å². The van der Waals surface area contributed by atoms with Crippen molar-refractivity contribution in [1.29, 1.82) is 0 Å². The van der Waals surface area contributed by atoms with E-state index in [1.54, 1.807) is 38.1 Å². The molecule has 146 valence electrons. The number of hydrogen-bond acceptors (Lipinski definition) is 4. The van der Waals surface area contributed by atoms with E-state index in [0.29, 0.717) is 21.5 Å². The van der Waals surface area contributed by atoms with Crippen LogP contribution in [0.25, 0.3) is 0 Å². The van der Waals surface area contributed by atoms with Crippen LogP contribution in [-0.2, 0) is 9.59 Å². The number of rotatable bonds is 7. The lowest BCUT2D eigenvalue weighted by molar-refractivity contribution is -0.126. The summed E-state index contributed by atoms with van der Waals surface area (Å²) in [5.74, 6) is -0.719. The Kier molecular flexibility index (Phi) is 8.17. The first-order valence-electron chi connectivity index (χ1n) is 8.53. The second-order valence-electron chi connectivity index (χ2n) is 5.98. The largest absolute Gasteiger partial charge is 0.273 e. The summed E-state index contributed by atoms with van der Waals surface area (Å²) >= 11 is 11.7. The summed E-state index contributed by atoms with van der Waals surface area (Å²) in [7, 11) is 0. The van der Waals surface area contributed by atoms with E-state index in [1.165, 1.54) is 0 Å². The molecule has 0 spiro atoms. The molecule has 0 saturated carbocycles. The number of nitrogens with one attached hydrogen (secondary N) is 2. The lowest BCUT2D eigenvalue weighted by Crippen LogP contribution is -2.24. The molecule has 0 atom stereocenters. The van der Waals surface area contributed by atoms with Crippen molar-refractivity contribution >= 4 is 46.4 Å². The summed E-state index contributed by atoms with van der Waals surface area (Å²) in [6.07, 6.45) is -0.00249. The molecule has 0 aliphatic carbocycles. The van der Waals surface area contributed by atoms with Gasteiger partial charge in [0.1, 0.15) is 0 Å². The first-order valence-corrected chi connectivity index (χ1v) is 9.29. The van der Waals surface area contributed by atoms with Crippen LogP contribution in [0, 0.1) is 0 Å². The van der Waals surface area contributed by atoms with Gasteiger partial charge in [0, 0.05) is 22.9 Å². The molecule has 0 bridgehead atoms. The van der Waals surface area contributed by atoms with Crippen LogP contribution in [0.1, 0.15) is 37.8 Å². The SMILES string of the molecule is C/C(=N/NC(=O)CCC(=O)N/N=C(/C)c1ccc(Cl)cc1)c1ccc(Cl)cc1. The Morgan fingerprint density at radius 1 is 0.714 bits per heavy atom. The molecule has 2 rings (SSSR count). The van der Waals surface area contributed by atoms with Gasteiger partial charge in [0.25, 0.3) is 0 Å². The van der Waals surface area contributed by atoms with Gasteiger partial charge in [0.05, 0.1) is 11.4 Å². The molecule has 8 heteroatoms. The highest BCUT2D eigenvalue weighted by atomic mass is 35.5. The molecule has 2 amide bonds. The average molecular weight is 419 g/mol. The summed E-state index contributed by atoms with van der Waals surface area (Å²) in [6, 6.07) is 14.2. The van der Waals surface area contributed by atoms with E-state index in [1.807, 2.05) is 24.3 Å². The van der Waals surface area contributed by atoms with Gasteiger partial charge in [-0.15, -0.1) is 0 Å². The Balaban J connectivity index is 1.78. The quantitative estimate of drug-likeness (QED) is 0.522. The van der Waals surface area contributed by atoms with Crippen LogP contribution in [0.3, 0.4) is 0 Å². The molecule has 0 heterocycles. The van der Waals surface area contributed by atoms with E-state index in [-0.39, 0.29) is 24.7 Å². The second-order valence-corrected chi connectivity index (χ2v) is 6.85. The van der Waals surface area contributed by atoms with Crippen LogP contribution < -0.4 is 10.9 Å². The van der Waals surface area contributed by atoms with Crippen LogP contribution >= 0.6 is 23.2 Å². The monoisotopic (exact) mass is 418 g/mol. The third-order valence-electron chi connectivity index (χ3n) is 3.80. The van der Waals surface area contributed by atoms with Crippen LogP contribution in [0.4, 0.5) is 0 Å². The molecule has 0 saturated heterocycles. The van der Waals surface area contributed by atoms with E-state index < -0.39 is 0 Å². The van der Waals surface area contributed by atoms with Crippen molar-refractivity contribution in [1.82, 2.24) is 10.9 Å². The minimum atomic E-state index is -0.359. The summed E-state index contributed by atoms with van der Waals surface area (Å²) < 4.78 is 0. The predicted molar refractivity (Wildman–Crippen MR) is 113 cm³/mol. The van der Waals surface area contributed by atoms with Gasteiger partial charge in [0.15, 0.2) is 0 Å². The highest BCUT2D eigenvalue weighted by molar-refractivity contribution is 6.31. The predicted octanol–water partition coefficient (Wildman–Crippen LogP) is 4.15. The molecule has 6 nitrogen and oxygen atoms in total. The van der Waals surface area contributed by atoms with Crippen molar-refractivity contribution in [3.8, 4) is 0 Å². The standard InChI is InChI=1S/C20H20Cl2N4O2/c1-13(15-3-7-17(21)8-4-15)23-25-19(27)11-12-20(28)26-24-14(2)16-5-9-18(22)10-6-16/h3-10H,11-12H2,1-2H3,(H,25,27)(H,26,28)/b23-13-,24-14-. The summed E-state index contributed by atoms with van der Waals surface area (Å²) in [4.78, 5) is 23.7. The summed E-state index contributed by atoms with van der Waals surface area (Å²) in [5, 5.41) is 9.30. The zero-order valence-electron chi connectivity index (χ0n) is 15.5. The fourth-order valence-electron chi connectivity index (χ4n) is 2.14. The first-order chi connectivity index (χ1) is 13.3. The van der Waals surface area contributed by atoms with Crippen molar-refractivity contribution in [3.05, 3.63) is 69.7 Å². The molecule has 0 radical (unpaired) electrons. The van der Waals surface area contributed by atoms with Crippen molar-refractivity contribution < 1.29 is 9.59 Å². The molecule has 2 aromatic rings. The topological polar surface area (TPSA) is 82.9 Å². The van der Waals surface area contributed by atoms with Gasteiger partial charge in [0.2, 0.25) is 11.8 Å². The van der Waals surface area contributed by atoms with E-state index in [4.69, 9.17) is 23.2 Å². The first kappa shape index (κ1) is 21.6. The van der Waals surface area contributed by atoms with Gasteiger partial charge in [-0.05, 0) is 49.2 Å². The molecule has 2 N–H and O–H groups in total. The molecule has 0 aliphatic heterocycles. The third kappa shape index (κ3) is 7.13. The Morgan fingerprint density at radius 2 is 1.04 bits per heavy atom. The molecule has 0 fully saturated rings. The number of benzene rings is 2.